The van der Waals surface area contributed by atoms with E-state index in [0.717, 1.165) is 35.5 Å². The number of aromatic nitrogens is 2. The van der Waals surface area contributed by atoms with Crippen LogP contribution in [0.3, 0.4) is 0 Å². The highest BCUT2D eigenvalue weighted by atomic mass is 19.1. The maximum absolute atomic E-state index is 13.4. The lowest BCUT2D eigenvalue weighted by molar-refractivity contribution is 0.618. The molecular weight excluding hydrogens is 241 g/mol. The van der Waals surface area contributed by atoms with E-state index in [1.165, 1.54) is 6.07 Å². The van der Waals surface area contributed by atoms with Crippen LogP contribution in [0, 0.1) is 19.7 Å². The minimum absolute atomic E-state index is 0.203. The van der Waals surface area contributed by atoms with Crippen molar-refractivity contribution >= 4 is 5.82 Å². The molecule has 0 saturated heterocycles. The van der Waals surface area contributed by atoms with Gasteiger partial charge < -0.3 is 5.73 Å². The lowest BCUT2D eigenvalue weighted by Gasteiger charge is -2.10. The summed E-state index contributed by atoms with van der Waals surface area (Å²) in [6.45, 7) is 3.65. The van der Waals surface area contributed by atoms with Crippen molar-refractivity contribution in [1.82, 2.24) is 9.97 Å². The lowest BCUT2D eigenvalue weighted by atomic mass is 10.0. The Bertz CT molecular complexity index is 648. The van der Waals surface area contributed by atoms with Crippen molar-refractivity contribution in [2.75, 3.05) is 5.73 Å². The monoisotopic (exact) mass is 257 g/mol. The molecule has 0 spiro atoms. The molecule has 2 aromatic rings. The van der Waals surface area contributed by atoms with Crippen molar-refractivity contribution in [3.63, 3.8) is 0 Å². The van der Waals surface area contributed by atoms with Gasteiger partial charge >= 0.3 is 0 Å². The molecule has 1 aromatic heterocycles. The molecule has 19 heavy (non-hydrogen) atoms. The number of nitrogens with two attached hydrogens (primary N) is 1. The lowest BCUT2D eigenvalue weighted by Crippen LogP contribution is -2.04. The third-order valence-corrected chi connectivity index (χ3v) is 3.57. The summed E-state index contributed by atoms with van der Waals surface area (Å²) in [7, 11) is 0. The van der Waals surface area contributed by atoms with Gasteiger partial charge in [0.15, 0.2) is 0 Å². The van der Waals surface area contributed by atoms with Gasteiger partial charge in [-0.05, 0) is 50.5 Å². The number of anilines is 1. The smallest absolute Gasteiger partial charge is 0.134 e. The summed E-state index contributed by atoms with van der Waals surface area (Å²) in [4.78, 5) is 8.98. The molecule has 0 radical (unpaired) electrons. The Hall–Kier alpha value is -1.97. The molecule has 98 valence electrons. The van der Waals surface area contributed by atoms with Gasteiger partial charge in [-0.15, -0.1) is 0 Å². The number of benzene rings is 1. The van der Waals surface area contributed by atoms with Crippen LogP contribution in [0.4, 0.5) is 10.2 Å². The number of nitrogen functional groups attached to an aromatic ring is 1. The zero-order chi connectivity index (χ0) is 13.6. The molecule has 1 aliphatic carbocycles. The largest absolute Gasteiger partial charge is 0.383 e. The Morgan fingerprint density at radius 3 is 2.58 bits per heavy atom. The third-order valence-electron chi connectivity index (χ3n) is 3.57. The Labute approximate surface area is 111 Å². The SMILES string of the molecule is Cc1cc(-c2nc(C3CC3)nc(N)c2C)ccc1F. The summed E-state index contributed by atoms with van der Waals surface area (Å²) in [6, 6.07) is 5.02. The minimum atomic E-state index is -0.203. The van der Waals surface area contributed by atoms with Crippen molar-refractivity contribution in [1.29, 1.82) is 0 Å². The van der Waals surface area contributed by atoms with Crippen LogP contribution in [0.2, 0.25) is 0 Å². The first-order valence-electron chi connectivity index (χ1n) is 6.47. The summed E-state index contributed by atoms with van der Waals surface area (Å²) >= 11 is 0. The zero-order valence-electron chi connectivity index (χ0n) is 11.1. The third kappa shape index (κ3) is 2.18. The molecule has 1 heterocycles. The molecule has 0 aliphatic heterocycles. The van der Waals surface area contributed by atoms with Gasteiger partial charge in [-0.2, -0.15) is 0 Å². The number of hydrogen-bond donors (Lipinski definition) is 1. The van der Waals surface area contributed by atoms with E-state index < -0.39 is 0 Å². The van der Waals surface area contributed by atoms with Gasteiger partial charge in [0.25, 0.3) is 0 Å². The zero-order valence-corrected chi connectivity index (χ0v) is 11.1. The standard InChI is InChI=1S/C15H16FN3/c1-8-7-11(5-6-12(8)16)13-9(2)14(17)19-15(18-13)10-3-4-10/h5-7,10H,3-4H2,1-2H3,(H2,17,18,19). The van der Waals surface area contributed by atoms with Gasteiger partial charge in [0.1, 0.15) is 17.5 Å². The molecule has 0 unspecified atom stereocenters. The van der Waals surface area contributed by atoms with Gasteiger partial charge in [-0.25, -0.2) is 14.4 Å². The quantitative estimate of drug-likeness (QED) is 0.897. The highest BCUT2D eigenvalue weighted by Crippen LogP contribution is 2.39. The first kappa shape index (κ1) is 12.1. The second kappa shape index (κ2) is 4.30. The van der Waals surface area contributed by atoms with E-state index in [4.69, 9.17) is 5.73 Å². The fourth-order valence-electron chi connectivity index (χ4n) is 2.15. The summed E-state index contributed by atoms with van der Waals surface area (Å²) in [5, 5.41) is 0. The van der Waals surface area contributed by atoms with Crippen molar-refractivity contribution < 1.29 is 4.39 Å². The van der Waals surface area contributed by atoms with Gasteiger partial charge in [0.05, 0.1) is 5.69 Å². The summed E-state index contributed by atoms with van der Waals surface area (Å²) in [5.74, 6) is 1.59. The molecule has 0 bridgehead atoms. The second-order valence-corrected chi connectivity index (χ2v) is 5.18. The Morgan fingerprint density at radius 2 is 1.95 bits per heavy atom. The average Bonchev–Trinajstić information content (AvgIpc) is 3.20. The normalized spacial score (nSPS) is 14.7. The Balaban J connectivity index is 2.14. The molecule has 1 fully saturated rings. The summed E-state index contributed by atoms with van der Waals surface area (Å²) in [6.07, 6.45) is 2.26. The molecule has 4 heteroatoms. The Kier molecular flexibility index (Phi) is 2.73. The second-order valence-electron chi connectivity index (χ2n) is 5.18. The van der Waals surface area contributed by atoms with Gasteiger partial charge in [-0.1, -0.05) is 0 Å². The number of nitrogens with zero attached hydrogens (tertiary/aromatic N) is 2. The van der Waals surface area contributed by atoms with Crippen LogP contribution >= 0.6 is 0 Å². The molecule has 1 aromatic carbocycles. The number of halogens is 1. The summed E-state index contributed by atoms with van der Waals surface area (Å²) < 4.78 is 13.4. The maximum Gasteiger partial charge on any atom is 0.134 e. The summed E-state index contributed by atoms with van der Waals surface area (Å²) in [5.41, 5.74) is 9.15. The van der Waals surface area contributed by atoms with Crippen LogP contribution in [-0.4, -0.2) is 9.97 Å². The number of aryl methyl sites for hydroxylation is 1. The van der Waals surface area contributed by atoms with Gasteiger partial charge in [-0.3, -0.25) is 0 Å². The van der Waals surface area contributed by atoms with Crippen LogP contribution in [-0.2, 0) is 0 Å². The van der Waals surface area contributed by atoms with Crippen LogP contribution in [0.1, 0.15) is 35.7 Å². The highest BCUT2D eigenvalue weighted by Gasteiger charge is 2.28. The van der Waals surface area contributed by atoms with Crippen LogP contribution in [0.25, 0.3) is 11.3 Å². The van der Waals surface area contributed by atoms with Crippen LogP contribution in [0.5, 0.6) is 0 Å². The van der Waals surface area contributed by atoms with E-state index in [9.17, 15) is 4.39 Å². The number of hydrogen-bond acceptors (Lipinski definition) is 3. The van der Waals surface area contributed by atoms with Crippen molar-refractivity contribution in [2.24, 2.45) is 0 Å². The maximum atomic E-state index is 13.4. The molecule has 0 atom stereocenters. The first-order chi connectivity index (χ1) is 9.06. The van der Waals surface area contributed by atoms with E-state index in [1.807, 2.05) is 6.92 Å². The van der Waals surface area contributed by atoms with Crippen molar-refractivity contribution in [3.05, 3.63) is 41.0 Å². The van der Waals surface area contributed by atoms with E-state index >= 15 is 0 Å². The molecular formula is C15H16FN3. The predicted octanol–water partition coefficient (Wildman–Crippen LogP) is 3.36. The first-order valence-corrected chi connectivity index (χ1v) is 6.47. The topological polar surface area (TPSA) is 51.8 Å². The molecule has 3 nitrogen and oxygen atoms in total. The number of rotatable bonds is 2. The molecule has 2 N–H and O–H groups in total. The van der Waals surface area contributed by atoms with Crippen molar-refractivity contribution in [3.8, 4) is 11.3 Å². The molecule has 3 rings (SSSR count). The highest BCUT2D eigenvalue weighted by molar-refractivity contribution is 5.68. The molecule has 1 saturated carbocycles. The van der Waals surface area contributed by atoms with E-state index in [1.54, 1.807) is 19.1 Å². The van der Waals surface area contributed by atoms with Crippen molar-refractivity contribution in [2.45, 2.75) is 32.6 Å². The van der Waals surface area contributed by atoms with Gasteiger partial charge in [0.2, 0.25) is 0 Å². The van der Waals surface area contributed by atoms with E-state index in [0.29, 0.717) is 17.3 Å². The van der Waals surface area contributed by atoms with E-state index in [-0.39, 0.29) is 5.82 Å². The Morgan fingerprint density at radius 1 is 1.21 bits per heavy atom. The fourth-order valence-corrected chi connectivity index (χ4v) is 2.15. The van der Waals surface area contributed by atoms with Crippen LogP contribution < -0.4 is 5.73 Å². The van der Waals surface area contributed by atoms with Gasteiger partial charge in [0, 0.05) is 17.0 Å². The fraction of sp³-hybridized carbons (Fsp3) is 0.333. The average molecular weight is 257 g/mol. The predicted molar refractivity (Wildman–Crippen MR) is 73.3 cm³/mol. The van der Waals surface area contributed by atoms with E-state index in [2.05, 4.69) is 9.97 Å². The minimum Gasteiger partial charge on any atom is -0.383 e. The molecule has 1 aliphatic rings. The molecule has 0 amide bonds. The van der Waals surface area contributed by atoms with Crippen LogP contribution in [0.15, 0.2) is 18.2 Å².